The van der Waals surface area contributed by atoms with Crippen molar-refractivity contribution in [3.05, 3.63) is 36.0 Å². The molecule has 1 heterocycles. The van der Waals surface area contributed by atoms with Gasteiger partial charge < -0.3 is 20.4 Å². The van der Waals surface area contributed by atoms with Gasteiger partial charge in [0.05, 0.1) is 0 Å². The molecule has 2 rings (SSSR count). The second kappa shape index (κ2) is 9.66. The number of amides is 3. The van der Waals surface area contributed by atoms with Crippen LogP contribution in [0.1, 0.15) is 26.3 Å². The summed E-state index contributed by atoms with van der Waals surface area (Å²) in [5.74, 6) is 4.05. The van der Waals surface area contributed by atoms with Crippen LogP contribution in [0.2, 0.25) is 0 Å². The number of para-hydroxylation sites is 1. The molecule has 0 fully saturated rings. The molecule has 0 aliphatic heterocycles. The molecule has 1 aromatic heterocycles. The maximum atomic E-state index is 12.8. The maximum absolute atomic E-state index is 12.8. The van der Waals surface area contributed by atoms with Gasteiger partial charge in [-0.2, -0.15) is 12.6 Å². The molecular weight excluding hydrogens is 394 g/mol. The van der Waals surface area contributed by atoms with E-state index in [1.54, 1.807) is 27.0 Å². The smallest absolute Gasteiger partial charge is 0.408 e. The molecule has 0 spiro atoms. The molecule has 158 valence electrons. The number of aromatic nitrogens is 1. The molecule has 0 aliphatic rings. The number of nitrogens with one attached hydrogen (secondary N) is 4. The largest absolute Gasteiger partial charge is 0.444 e. The Labute approximate surface area is 174 Å². The van der Waals surface area contributed by atoms with Crippen LogP contribution in [0.3, 0.4) is 0 Å². The molecule has 6 N–H and O–H groups in total. The number of ether oxygens (including phenoxy) is 1. The number of aromatic amines is 1. The molecule has 0 radical (unpaired) electrons. The lowest BCUT2D eigenvalue weighted by Gasteiger charge is -2.24. The predicted molar refractivity (Wildman–Crippen MR) is 113 cm³/mol. The van der Waals surface area contributed by atoms with Crippen molar-refractivity contribution in [3.63, 3.8) is 0 Å². The quantitative estimate of drug-likeness (QED) is 0.171. The Morgan fingerprint density at radius 2 is 1.83 bits per heavy atom. The number of carbonyl (C=O) groups excluding carboxylic acids is 3. The molecule has 9 nitrogen and oxygen atoms in total. The Kier molecular flexibility index (Phi) is 7.52. The van der Waals surface area contributed by atoms with Gasteiger partial charge in [0.1, 0.15) is 17.7 Å². The number of rotatable bonds is 7. The van der Waals surface area contributed by atoms with E-state index in [0.717, 1.165) is 16.5 Å². The first-order chi connectivity index (χ1) is 13.6. The van der Waals surface area contributed by atoms with Crippen LogP contribution >= 0.6 is 12.6 Å². The molecule has 0 saturated carbocycles. The van der Waals surface area contributed by atoms with E-state index in [9.17, 15) is 14.4 Å². The van der Waals surface area contributed by atoms with Crippen LogP contribution in [-0.2, 0) is 20.7 Å². The van der Waals surface area contributed by atoms with Crippen molar-refractivity contribution in [3.8, 4) is 0 Å². The fourth-order valence-corrected chi connectivity index (χ4v) is 3.00. The summed E-state index contributed by atoms with van der Waals surface area (Å²) in [5.41, 5.74) is 3.01. The Hall–Kier alpha value is -2.72. The number of carbonyl (C=O) groups is 3. The highest BCUT2D eigenvalue weighted by Crippen LogP contribution is 2.19. The Morgan fingerprint density at radius 3 is 2.45 bits per heavy atom. The van der Waals surface area contributed by atoms with Crippen molar-refractivity contribution in [2.24, 2.45) is 5.84 Å². The van der Waals surface area contributed by atoms with Gasteiger partial charge in [-0.3, -0.25) is 15.0 Å². The van der Waals surface area contributed by atoms with Crippen LogP contribution in [0.15, 0.2) is 30.5 Å². The van der Waals surface area contributed by atoms with Crippen molar-refractivity contribution in [2.75, 3.05) is 5.75 Å². The maximum Gasteiger partial charge on any atom is 0.408 e. The predicted octanol–water partition coefficient (Wildman–Crippen LogP) is 1.01. The van der Waals surface area contributed by atoms with Gasteiger partial charge in [-0.1, -0.05) is 18.2 Å². The second-order valence-electron chi connectivity index (χ2n) is 7.51. The van der Waals surface area contributed by atoms with E-state index in [2.05, 4.69) is 28.2 Å². The number of alkyl carbamates (subject to hydrolysis) is 1. The highest BCUT2D eigenvalue weighted by atomic mass is 32.1. The first kappa shape index (κ1) is 22.6. The number of nitrogens with two attached hydrogens (primary N) is 1. The van der Waals surface area contributed by atoms with Crippen LogP contribution < -0.4 is 21.9 Å². The van der Waals surface area contributed by atoms with Gasteiger partial charge in [-0.05, 0) is 32.4 Å². The molecule has 10 heteroatoms. The molecule has 0 aliphatic carbocycles. The van der Waals surface area contributed by atoms with Gasteiger partial charge in [0.25, 0.3) is 5.91 Å². The summed E-state index contributed by atoms with van der Waals surface area (Å²) in [4.78, 5) is 40.0. The Bertz CT molecular complexity index is 877. The van der Waals surface area contributed by atoms with Crippen molar-refractivity contribution in [1.29, 1.82) is 0 Å². The summed E-state index contributed by atoms with van der Waals surface area (Å²) in [6.07, 6.45) is 1.24. The highest BCUT2D eigenvalue weighted by molar-refractivity contribution is 7.80. The molecule has 3 amide bonds. The molecule has 29 heavy (non-hydrogen) atoms. The third kappa shape index (κ3) is 6.40. The van der Waals surface area contributed by atoms with E-state index in [-0.39, 0.29) is 12.2 Å². The monoisotopic (exact) mass is 421 g/mol. The minimum atomic E-state index is -0.975. The van der Waals surface area contributed by atoms with Crippen LogP contribution in [0.5, 0.6) is 0 Å². The lowest BCUT2D eigenvalue weighted by Crippen LogP contribution is -2.56. The summed E-state index contributed by atoms with van der Waals surface area (Å²) in [7, 11) is 0. The molecular formula is C19H27N5O4S. The average Bonchev–Trinajstić information content (AvgIpc) is 3.06. The van der Waals surface area contributed by atoms with Crippen LogP contribution in [0.4, 0.5) is 4.79 Å². The topological polar surface area (TPSA) is 138 Å². The van der Waals surface area contributed by atoms with Gasteiger partial charge in [0, 0.05) is 29.3 Å². The number of hydrogen-bond acceptors (Lipinski definition) is 6. The Morgan fingerprint density at radius 1 is 1.14 bits per heavy atom. The first-order valence-corrected chi connectivity index (χ1v) is 9.74. The standard InChI is InChI=1S/C19H27N5O4S/c1-19(2,3)28-18(27)23-14(16(25)22-15(10-29)17(26)24-20)8-11-9-21-13-7-5-4-6-12(11)13/h4-7,9,14-15,21,29H,8,10,20H2,1-3H3,(H,22,25)(H,23,27)(H,24,26)/t14-,15+/m0/s1. The van der Waals surface area contributed by atoms with Crippen molar-refractivity contribution >= 4 is 41.4 Å². The number of benzene rings is 1. The zero-order valence-electron chi connectivity index (χ0n) is 16.6. The average molecular weight is 422 g/mol. The molecule has 0 saturated heterocycles. The second-order valence-corrected chi connectivity index (χ2v) is 7.88. The van der Waals surface area contributed by atoms with Crippen molar-refractivity contribution in [1.82, 2.24) is 21.0 Å². The van der Waals surface area contributed by atoms with Gasteiger partial charge in [0.15, 0.2) is 0 Å². The number of fused-ring (bicyclic) bond motifs is 1. The minimum absolute atomic E-state index is 0.0427. The van der Waals surface area contributed by atoms with Gasteiger partial charge in [-0.15, -0.1) is 0 Å². The Balaban J connectivity index is 2.23. The SMILES string of the molecule is CC(C)(C)OC(=O)N[C@@H](Cc1c[nH]c2ccccc12)C(=O)N[C@H](CS)C(=O)NN. The third-order valence-electron chi connectivity index (χ3n) is 4.06. The first-order valence-electron chi connectivity index (χ1n) is 9.10. The molecule has 0 bridgehead atoms. The van der Waals surface area contributed by atoms with Crippen molar-refractivity contribution in [2.45, 2.75) is 44.9 Å². The third-order valence-corrected chi connectivity index (χ3v) is 4.43. The minimum Gasteiger partial charge on any atom is -0.444 e. The number of hydrogen-bond donors (Lipinski definition) is 6. The number of hydrazine groups is 1. The van der Waals surface area contributed by atoms with Crippen molar-refractivity contribution < 1.29 is 19.1 Å². The van der Waals surface area contributed by atoms with Crippen LogP contribution in [0, 0.1) is 0 Å². The summed E-state index contributed by atoms with van der Waals surface area (Å²) < 4.78 is 5.27. The molecule has 2 aromatic rings. The lowest BCUT2D eigenvalue weighted by atomic mass is 10.0. The summed E-state index contributed by atoms with van der Waals surface area (Å²) in [6, 6.07) is 5.70. The summed E-state index contributed by atoms with van der Waals surface area (Å²) >= 11 is 4.07. The molecule has 0 unspecified atom stereocenters. The van der Waals surface area contributed by atoms with E-state index in [0.29, 0.717) is 0 Å². The molecule has 1 aromatic carbocycles. The van der Waals surface area contributed by atoms with E-state index in [1.807, 2.05) is 29.7 Å². The van der Waals surface area contributed by atoms with Gasteiger partial charge in [0.2, 0.25) is 5.91 Å². The highest BCUT2D eigenvalue weighted by Gasteiger charge is 2.28. The fourth-order valence-electron chi connectivity index (χ4n) is 2.75. The van der Waals surface area contributed by atoms with E-state index in [4.69, 9.17) is 10.6 Å². The lowest BCUT2D eigenvalue weighted by molar-refractivity contribution is -0.129. The van der Waals surface area contributed by atoms with Gasteiger partial charge >= 0.3 is 6.09 Å². The van der Waals surface area contributed by atoms with E-state index >= 15 is 0 Å². The van der Waals surface area contributed by atoms with E-state index in [1.165, 1.54) is 0 Å². The fraction of sp³-hybridized carbons (Fsp3) is 0.421. The zero-order valence-corrected chi connectivity index (χ0v) is 17.5. The van der Waals surface area contributed by atoms with Gasteiger partial charge in [-0.25, -0.2) is 10.6 Å². The normalized spacial score (nSPS) is 13.4. The number of thiol groups is 1. The van der Waals surface area contributed by atoms with Crippen LogP contribution in [0.25, 0.3) is 10.9 Å². The summed E-state index contributed by atoms with van der Waals surface area (Å²) in [6.45, 7) is 5.18. The molecule has 2 atom stereocenters. The zero-order chi connectivity index (χ0) is 21.6. The number of H-pyrrole nitrogens is 1. The van der Waals surface area contributed by atoms with Crippen LogP contribution in [-0.4, -0.2) is 46.3 Å². The van der Waals surface area contributed by atoms with E-state index < -0.39 is 35.6 Å². The summed E-state index contributed by atoms with van der Waals surface area (Å²) in [5, 5.41) is 6.08.